The number of ether oxygens (including phenoxy) is 10. The topological polar surface area (TPSA) is 352 Å². The molecule has 0 unspecified atom stereocenters. The predicted molar refractivity (Wildman–Crippen MR) is 148 cm³/mol. The summed E-state index contributed by atoms with van der Waals surface area (Å²) in [6, 6.07) is 0. The predicted octanol–water partition coefficient (Wildman–Crippen LogP) is -8.62. The van der Waals surface area contributed by atoms with E-state index in [4.69, 9.17) is 47.4 Å². The van der Waals surface area contributed by atoms with Gasteiger partial charge in [0.05, 0.1) is 26.4 Å². The molecular weight excluding hydrogens is 692 g/mol. The molecule has 0 radical (unpaired) electrons. The third kappa shape index (κ3) is 8.23. The Labute approximate surface area is 282 Å². The van der Waals surface area contributed by atoms with E-state index in [1.165, 1.54) is 0 Å². The van der Waals surface area contributed by atoms with E-state index < -0.39 is 162 Å². The Morgan fingerprint density at radius 3 is 1.56 bits per heavy atom. The second kappa shape index (κ2) is 16.8. The largest absolute Gasteiger partial charge is 0.479 e. The fraction of sp³-hybridized carbons (Fsp3) is 0.963. The summed E-state index contributed by atoms with van der Waals surface area (Å²) in [5.74, 6) is -1.57. The van der Waals surface area contributed by atoms with Gasteiger partial charge in [-0.1, -0.05) is 0 Å². The summed E-state index contributed by atoms with van der Waals surface area (Å²) in [4.78, 5) is 11.7. The van der Waals surface area contributed by atoms with Gasteiger partial charge in [-0.3, -0.25) is 0 Å². The molecule has 5 rings (SSSR count). The van der Waals surface area contributed by atoms with Crippen molar-refractivity contribution in [1.29, 1.82) is 0 Å². The Bertz CT molecular complexity index is 1100. The Kier molecular flexibility index (Phi) is 13.3. The highest BCUT2D eigenvalue weighted by Gasteiger charge is 2.54. The van der Waals surface area contributed by atoms with Crippen LogP contribution in [-0.4, -0.2) is 230 Å². The van der Waals surface area contributed by atoms with Crippen LogP contribution in [0.2, 0.25) is 0 Å². The highest BCUT2D eigenvalue weighted by Crippen LogP contribution is 2.32. The number of hydrogen-bond acceptors (Lipinski definition) is 22. The van der Waals surface area contributed by atoms with Gasteiger partial charge in [-0.15, -0.1) is 0 Å². The number of carbonyl (C=O) groups is 1. The third-order valence-corrected chi connectivity index (χ3v) is 9.01. The van der Waals surface area contributed by atoms with Gasteiger partial charge in [-0.25, -0.2) is 4.79 Å². The summed E-state index contributed by atoms with van der Waals surface area (Å²) < 4.78 is 54.2. The first-order valence-corrected chi connectivity index (χ1v) is 15.6. The highest BCUT2D eigenvalue weighted by atomic mass is 16.8. The lowest BCUT2D eigenvalue weighted by molar-refractivity contribution is -0.379. The average molecular weight is 737 g/mol. The normalized spacial score (nSPS) is 52.0. The number of hydrogen-bond donors (Lipinski definition) is 12. The van der Waals surface area contributed by atoms with Crippen LogP contribution in [0.25, 0.3) is 0 Å². The molecule has 5 aliphatic rings. The monoisotopic (exact) mass is 736 g/mol. The van der Waals surface area contributed by atoms with Crippen molar-refractivity contribution >= 4 is 5.97 Å². The summed E-state index contributed by atoms with van der Waals surface area (Å²) in [6.45, 7) is -1.98. The van der Waals surface area contributed by atoms with Gasteiger partial charge in [0.25, 0.3) is 0 Å². The first kappa shape index (κ1) is 39.8. The first-order valence-electron chi connectivity index (χ1n) is 15.6. The molecule has 0 aliphatic carbocycles. The zero-order valence-electron chi connectivity index (χ0n) is 26.3. The van der Waals surface area contributed by atoms with Gasteiger partial charge in [-0.2, -0.15) is 0 Å². The Morgan fingerprint density at radius 2 is 0.980 bits per heavy atom. The molecule has 0 spiro atoms. The van der Waals surface area contributed by atoms with Crippen LogP contribution in [0.4, 0.5) is 0 Å². The molecule has 0 aromatic carbocycles. The molecule has 5 heterocycles. The van der Waals surface area contributed by atoms with Crippen molar-refractivity contribution in [3.63, 3.8) is 0 Å². The molecule has 5 saturated heterocycles. The van der Waals surface area contributed by atoms with Crippen molar-refractivity contribution in [2.75, 3.05) is 33.5 Å². The van der Waals surface area contributed by atoms with Crippen molar-refractivity contribution < 1.29 is 113 Å². The molecule has 12 N–H and O–H groups in total. The number of rotatable bonds is 10. The number of aliphatic hydroxyl groups is 11. The maximum absolute atomic E-state index is 11.7. The van der Waals surface area contributed by atoms with Crippen LogP contribution < -0.4 is 0 Å². The standard InChI is InChI=1S/C27H44O23/c1-41-19-13(33)16(36)27(50-21(19)22(38)39)49-20-12(32)8(4-42-23(20)40)46-26-17(37)18(48-25-15(35)11(31)7(29)3-44-25)9(5-45-26)47-24-14(34)10(30)6(28)2-43-24/h6-21,23-37,40H,2-5H2,1H3,(H,38,39)/t6-,7-,8-,9-,10+,11+,12+,13-,14-,15-,16-,17-,18+,19+,20-,21+,23-,24+,25+,26+,27+/m1/s1. The van der Waals surface area contributed by atoms with E-state index in [2.05, 4.69) is 0 Å². The van der Waals surface area contributed by atoms with Gasteiger partial charge >= 0.3 is 5.97 Å². The van der Waals surface area contributed by atoms with Crippen LogP contribution in [0.15, 0.2) is 0 Å². The molecule has 0 saturated carbocycles. The van der Waals surface area contributed by atoms with Crippen LogP contribution in [-0.2, 0) is 52.2 Å². The maximum Gasteiger partial charge on any atom is 0.335 e. The first-order chi connectivity index (χ1) is 23.6. The quantitative estimate of drug-likeness (QED) is 0.0990. The summed E-state index contributed by atoms with van der Waals surface area (Å²) in [5.41, 5.74) is 0. The average Bonchev–Trinajstić information content (AvgIpc) is 3.08. The van der Waals surface area contributed by atoms with Gasteiger partial charge in [0.2, 0.25) is 0 Å². The lowest BCUT2D eigenvalue weighted by Crippen LogP contribution is -2.65. The molecule has 0 aromatic rings. The van der Waals surface area contributed by atoms with Crippen LogP contribution in [0, 0.1) is 0 Å². The number of aliphatic carboxylic acids is 1. The molecule has 23 heteroatoms. The van der Waals surface area contributed by atoms with Gasteiger partial charge in [-0.05, 0) is 0 Å². The van der Waals surface area contributed by atoms with E-state index in [0.29, 0.717) is 0 Å². The Morgan fingerprint density at radius 1 is 0.500 bits per heavy atom. The van der Waals surface area contributed by atoms with E-state index >= 15 is 0 Å². The lowest BCUT2D eigenvalue weighted by atomic mass is 9.98. The molecule has 0 bridgehead atoms. The fourth-order valence-electron chi connectivity index (χ4n) is 6.06. The molecule has 0 amide bonds. The summed E-state index contributed by atoms with van der Waals surface area (Å²) in [7, 11) is 1.08. The van der Waals surface area contributed by atoms with Crippen LogP contribution in [0.1, 0.15) is 0 Å². The van der Waals surface area contributed by atoms with E-state index in [1.807, 2.05) is 0 Å². The summed E-state index contributed by atoms with van der Waals surface area (Å²) in [5, 5.41) is 124. The van der Waals surface area contributed by atoms with Crippen molar-refractivity contribution in [2.45, 2.75) is 129 Å². The second-order valence-corrected chi connectivity index (χ2v) is 12.4. The number of aliphatic hydroxyl groups excluding tert-OH is 11. The third-order valence-electron chi connectivity index (χ3n) is 9.01. The van der Waals surface area contributed by atoms with Gasteiger partial charge in [0.15, 0.2) is 37.6 Å². The second-order valence-electron chi connectivity index (χ2n) is 12.4. The van der Waals surface area contributed by atoms with E-state index in [9.17, 15) is 66.1 Å². The molecule has 290 valence electrons. The van der Waals surface area contributed by atoms with Crippen LogP contribution >= 0.6 is 0 Å². The van der Waals surface area contributed by atoms with E-state index in [1.54, 1.807) is 0 Å². The molecule has 5 aliphatic heterocycles. The number of methoxy groups -OCH3 is 1. The van der Waals surface area contributed by atoms with Gasteiger partial charge < -0.3 is 109 Å². The molecular formula is C27H44O23. The van der Waals surface area contributed by atoms with Crippen molar-refractivity contribution in [3.8, 4) is 0 Å². The SMILES string of the molecule is CO[C@H]1[C@H](O)[C@@H](O)[C@@H](O[C@@H]2[C@@H](O)[C@H](O[C@@H]3OC[C@@H](O[C@@H]4OC[C@@H](O)[C@H](O)[C@H]4O)[C@H](O[C@@H]4OC[C@@H](O)[C@H](O)[C@H]4O)[C@H]3O)CO[C@H]2O)O[C@@H]1C(=O)O. The fourth-order valence-corrected chi connectivity index (χ4v) is 6.06. The minimum atomic E-state index is -1.92. The van der Waals surface area contributed by atoms with Gasteiger partial charge in [0, 0.05) is 7.11 Å². The highest BCUT2D eigenvalue weighted by molar-refractivity contribution is 5.73. The lowest BCUT2D eigenvalue weighted by Gasteiger charge is -2.47. The molecule has 23 nitrogen and oxygen atoms in total. The number of carboxylic acids is 1. The van der Waals surface area contributed by atoms with E-state index in [0.717, 1.165) is 7.11 Å². The Hall–Kier alpha value is -1.37. The van der Waals surface area contributed by atoms with Crippen LogP contribution in [0.3, 0.4) is 0 Å². The minimum Gasteiger partial charge on any atom is -0.479 e. The minimum absolute atomic E-state index is 0.439. The maximum atomic E-state index is 11.7. The smallest absolute Gasteiger partial charge is 0.335 e. The summed E-state index contributed by atoms with van der Waals surface area (Å²) >= 11 is 0. The molecule has 21 atom stereocenters. The molecule has 5 fully saturated rings. The van der Waals surface area contributed by atoms with Gasteiger partial charge in [0.1, 0.15) is 91.6 Å². The van der Waals surface area contributed by atoms with Crippen molar-refractivity contribution in [3.05, 3.63) is 0 Å². The Balaban J connectivity index is 1.29. The zero-order chi connectivity index (χ0) is 36.6. The number of carboxylic acid groups (broad SMARTS) is 1. The molecule has 0 aromatic heterocycles. The molecule has 50 heavy (non-hydrogen) atoms. The van der Waals surface area contributed by atoms with Crippen LogP contribution in [0.5, 0.6) is 0 Å². The van der Waals surface area contributed by atoms with E-state index in [-0.39, 0.29) is 0 Å². The van der Waals surface area contributed by atoms with Crippen molar-refractivity contribution in [1.82, 2.24) is 0 Å². The summed E-state index contributed by atoms with van der Waals surface area (Å²) in [6.07, 6.45) is -35.7. The van der Waals surface area contributed by atoms with Crippen molar-refractivity contribution in [2.24, 2.45) is 0 Å². The zero-order valence-corrected chi connectivity index (χ0v) is 26.3.